The Morgan fingerprint density at radius 1 is 1.14 bits per heavy atom. The molecular formula is C17H17NO4. The number of methoxy groups -OCH3 is 2. The van der Waals surface area contributed by atoms with E-state index >= 15 is 0 Å². The Kier molecular flexibility index (Phi) is 3.73. The molecule has 0 aliphatic carbocycles. The number of anilines is 1. The van der Waals surface area contributed by atoms with Crippen LogP contribution in [0.15, 0.2) is 42.5 Å². The summed E-state index contributed by atoms with van der Waals surface area (Å²) in [7, 11) is 3.03. The number of ether oxygens (including phenoxy) is 3. The Balaban J connectivity index is 1.88. The van der Waals surface area contributed by atoms with Crippen LogP contribution in [0.25, 0.3) is 0 Å². The van der Waals surface area contributed by atoms with Gasteiger partial charge in [-0.2, -0.15) is 0 Å². The number of carbonyl (C=O) groups excluding carboxylic acids is 1. The van der Waals surface area contributed by atoms with Crippen molar-refractivity contribution in [2.24, 2.45) is 0 Å². The van der Waals surface area contributed by atoms with Crippen LogP contribution in [-0.4, -0.2) is 26.1 Å². The first kappa shape index (κ1) is 14.4. The van der Waals surface area contributed by atoms with Gasteiger partial charge in [0.2, 0.25) is 0 Å². The van der Waals surface area contributed by atoms with E-state index < -0.39 is 6.10 Å². The number of carbonyl (C=O) groups is 1. The normalized spacial score (nSPS) is 19.5. The molecule has 2 N–H and O–H groups in total. The molecule has 5 heteroatoms. The van der Waals surface area contributed by atoms with Gasteiger partial charge in [-0.05, 0) is 5.56 Å². The van der Waals surface area contributed by atoms with Crippen LogP contribution in [0.3, 0.4) is 0 Å². The zero-order valence-corrected chi connectivity index (χ0v) is 12.4. The van der Waals surface area contributed by atoms with Gasteiger partial charge in [-0.3, -0.25) is 4.79 Å². The zero-order chi connectivity index (χ0) is 15.7. The molecule has 0 amide bonds. The molecule has 1 aliphatic heterocycles. The Morgan fingerprint density at radius 2 is 1.86 bits per heavy atom. The molecule has 5 nitrogen and oxygen atoms in total. The van der Waals surface area contributed by atoms with Crippen molar-refractivity contribution in [3.8, 4) is 11.5 Å². The minimum atomic E-state index is -0.521. The predicted octanol–water partition coefficient (Wildman–Crippen LogP) is 2.61. The first-order valence-corrected chi connectivity index (χ1v) is 6.92. The van der Waals surface area contributed by atoms with Crippen molar-refractivity contribution in [3.63, 3.8) is 0 Å². The van der Waals surface area contributed by atoms with E-state index in [1.165, 1.54) is 14.2 Å². The predicted molar refractivity (Wildman–Crippen MR) is 82.3 cm³/mol. The monoisotopic (exact) mass is 299 g/mol. The summed E-state index contributed by atoms with van der Waals surface area (Å²) in [6.45, 7) is 0. The fourth-order valence-corrected chi connectivity index (χ4v) is 2.50. The molecule has 0 aromatic heterocycles. The average molecular weight is 299 g/mol. The van der Waals surface area contributed by atoms with E-state index in [1.54, 1.807) is 12.1 Å². The van der Waals surface area contributed by atoms with Gasteiger partial charge in [0.15, 0.2) is 11.9 Å². The molecule has 0 saturated carbocycles. The van der Waals surface area contributed by atoms with Crippen molar-refractivity contribution in [1.29, 1.82) is 0 Å². The molecule has 2 atom stereocenters. The molecule has 0 bridgehead atoms. The molecule has 1 fully saturated rings. The number of hydrogen-bond donors (Lipinski definition) is 1. The zero-order valence-electron chi connectivity index (χ0n) is 12.4. The number of hydrogen-bond acceptors (Lipinski definition) is 5. The highest BCUT2D eigenvalue weighted by molar-refractivity contribution is 6.08. The Bertz CT molecular complexity index is 699. The highest BCUT2D eigenvalue weighted by Gasteiger charge is 2.47. The summed E-state index contributed by atoms with van der Waals surface area (Å²) in [5, 5.41) is 0. The number of nitrogens with two attached hydrogens (primary N) is 1. The van der Waals surface area contributed by atoms with Crippen LogP contribution in [-0.2, 0) is 4.74 Å². The summed E-state index contributed by atoms with van der Waals surface area (Å²) in [5.41, 5.74) is 7.63. The van der Waals surface area contributed by atoms with Crippen LogP contribution in [0.4, 0.5) is 5.69 Å². The van der Waals surface area contributed by atoms with Crippen LogP contribution in [0.1, 0.15) is 22.0 Å². The molecule has 0 spiro atoms. The SMILES string of the molecule is COc1cc(N)c(C(=O)[C@H]2O[C@@H]2c2ccccc2)c(OC)c1. The topological polar surface area (TPSA) is 74.1 Å². The fraction of sp³-hybridized carbons (Fsp3) is 0.235. The largest absolute Gasteiger partial charge is 0.497 e. The lowest BCUT2D eigenvalue weighted by Crippen LogP contribution is -2.13. The molecule has 22 heavy (non-hydrogen) atoms. The molecule has 1 heterocycles. The highest BCUT2D eigenvalue weighted by Crippen LogP contribution is 2.43. The summed E-state index contributed by atoms with van der Waals surface area (Å²) in [5.74, 6) is 0.761. The molecular weight excluding hydrogens is 282 g/mol. The lowest BCUT2D eigenvalue weighted by Gasteiger charge is -2.11. The van der Waals surface area contributed by atoms with Gasteiger partial charge in [0.25, 0.3) is 0 Å². The van der Waals surface area contributed by atoms with Crippen molar-refractivity contribution in [1.82, 2.24) is 0 Å². The van der Waals surface area contributed by atoms with E-state index in [0.29, 0.717) is 22.7 Å². The van der Waals surface area contributed by atoms with Crippen molar-refractivity contribution < 1.29 is 19.0 Å². The summed E-state index contributed by atoms with van der Waals surface area (Å²) in [6, 6.07) is 12.9. The van der Waals surface area contributed by atoms with E-state index in [2.05, 4.69) is 0 Å². The van der Waals surface area contributed by atoms with E-state index in [4.69, 9.17) is 19.9 Å². The standard InChI is InChI=1S/C17H17NO4/c1-20-11-8-12(18)14(13(9-11)21-2)15(19)17-16(22-17)10-6-4-3-5-7-10/h3-9,16-17H,18H2,1-2H3/t16-,17-/m1/s1. The Hall–Kier alpha value is -2.53. The van der Waals surface area contributed by atoms with Gasteiger partial charge in [-0.1, -0.05) is 30.3 Å². The maximum Gasteiger partial charge on any atom is 0.200 e. The molecule has 3 rings (SSSR count). The molecule has 0 unspecified atom stereocenters. The molecule has 2 aromatic carbocycles. The number of ketones is 1. The number of rotatable bonds is 5. The molecule has 2 aromatic rings. The second kappa shape index (κ2) is 5.69. The number of epoxide rings is 1. The first-order chi connectivity index (χ1) is 10.7. The number of nitrogen functional groups attached to an aromatic ring is 1. The lowest BCUT2D eigenvalue weighted by atomic mass is 10.0. The van der Waals surface area contributed by atoms with E-state index in [-0.39, 0.29) is 11.9 Å². The fourth-order valence-electron chi connectivity index (χ4n) is 2.50. The van der Waals surface area contributed by atoms with Gasteiger partial charge >= 0.3 is 0 Å². The maximum atomic E-state index is 12.7. The molecule has 1 saturated heterocycles. The van der Waals surface area contributed by atoms with Crippen molar-refractivity contribution in [2.75, 3.05) is 20.0 Å². The average Bonchev–Trinajstić information content (AvgIpc) is 3.35. The number of Topliss-reactive ketones (excluding diaryl/α,β-unsaturated/α-hetero) is 1. The highest BCUT2D eigenvalue weighted by atomic mass is 16.6. The third-order valence-corrected chi connectivity index (χ3v) is 3.69. The minimum Gasteiger partial charge on any atom is -0.497 e. The minimum absolute atomic E-state index is 0.175. The van der Waals surface area contributed by atoms with Gasteiger partial charge in [0.05, 0.1) is 19.8 Å². The molecule has 114 valence electrons. The van der Waals surface area contributed by atoms with Crippen molar-refractivity contribution in [2.45, 2.75) is 12.2 Å². The summed E-state index contributed by atoms with van der Waals surface area (Å²) in [4.78, 5) is 12.7. The van der Waals surface area contributed by atoms with Crippen LogP contribution < -0.4 is 15.2 Å². The lowest BCUT2D eigenvalue weighted by molar-refractivity contribution is 0.0951. The Morgan fingerprint density at radius 3 is 2.50 bits per heavy atom. The van der Waals surface area contributed by atoms with Crippen LogP contribution in [0.2, 0.25) is 0 Å². The van der Waals surface area contributed by atoms with Crippen LogP contribution >= 0.6 is 0 Å². The van der Waals surface area contributed by atoms with E-state index in [9.17, 15) is 4.79 Å². The smallest absolute Gasteiger partial charge is 0.200 e. The molecule has 1 aliphatic rings. The van der Waals surface area contributed by atoms with Crippen LogP contribution in [0, 0.1) is 0 Å². The van der Waals surface area contributed by atoms with E-state index in [0.717, 1.165) is 5.56 Å². The summed E-state index contributed by atoms with van der Waals surface area (Å²) in [6.07, 6.45) is -0.744. The van der Waals surface area contributed by atoms with Gasteiger partial charge < -0.3 is 19.9 Å². The first-order valence-electron chi connectivity index (χ1n) is 6.92. The number of benzene rings is 2. The van der Waals surface area contributed by atoms with E-state index in [1.807, 2.05) is 30.3 Å². The van der Waals surface area contributed by atoms with Gasteiger partial charge in [0, 0.05) is 17.8 Å². The van der Waals surface area contributed by atoms with Gasteiger partial charge in [-0.15, -0.1) is 0 Å². The van der Waals surface area contributed by atoms with Crippen LogP contribution in [0.5, 0.6) is 11.5 Å². The van der Waals surface area contributed by atoms with Gasteiger partial charge in [0.1, 0.15) is 17.6 Å². The molecule has 0 radical (unpaired) electrons. The second-order valence-corrected chi connectivity index (χ2v) is 5.05. The Labute approximate surface area is 128 Å². The summed E-state index contributed by atoms with van der Waals surface area (Å²) < 4.78 is 15.9. The third kappa shape index (κ3) is 2.51. The van der Waals surface area contributed by atoms with Crippen molar-refractivity contribution >= 4 is 11.5 Å². The van der Waals surface area contributed by atoms with Crippen molar-refractivity contribution in [3.05, 3.63) is 53.6 Å². The van der Waals surface area contributed by atoms with Gasteiger partial charge in [-0.25, -0.2) is 0 Å². The maximum absolute atomic E-state index is 12.7. The summed E-state index contributed by atoms with van der Waals surface area (Å²) >= 11 is 0. The third-order valence-electron chi connectivity index (χ3n) is 3.69. The second-order valence-electron chi connectivity index (χ2n) is 5.05. The quantitative estimate of drug-likeness (QED) is 0.522.